The molecule has 0 saturated heterocycles. The lowest BCUT2D eigenvalue weighted by Gasteiger charge is -2.07. The summed E-state index contributed by atoms with van der Waals surface area (Å²) in [6, 6.07) is 15.5. The van der Waals surface area contributed by atoms with Crippen molar-refractivity contribution in [3.05, 3.63) is 64.8 Å². The number of imidazole rings is 1. The van der Waals surface area contributed by atoms with Crippen molar-refractivity contribution in [1.29, 1.82) is 0 Å². The number of thioether (sulfide) groups is 1. The molecule has 0 aliphatic rings. The van der Waals surface area contributed by atoms with Crippen LogP contribution in [0.15, 0.2) is 64.4 Å². The number of nitrogen functional groups attached to an aromatic ring is 1. The number of benzene rings is 2. The van der Waals surface area contributed by atoms with Gasteiger partial charge in [-0.15, -0.1) is 0 Å². The number of halogens is 1. The highest BCUT2D eigenvalue weighted by molar-refractivity contribution is 9.10. The topological polar surface area (TPSA) is 72.9 Å². The van der Waals surface area contributed by atoms with Gasteiger partial charge in [0.2, 0.25) is 5.91 Å². The highest BCUT2D eigenvalue weighted by Crippen LogP contribution is 2.23. The van der Waals surface area contributed by atoms with Gasteiger partial charge in [-0.3, -0.25) is 4.79 Å². The fourth-order valence-electron chi connectivity index (χ4n) is 2.28. The Bertz CT molecular complexity index is 895. The highest BCUT2D eigenvalue weighted by atomic mass is 79.9. The van der Waals surface area contributed by atoms with E-state index in [0.29, 0.717) is 5.16 Å². The Morgan fingerprint density at radius 1 is 1.28 bits per heavy atom. The monoisotopic (exact) mass is 416 g/mol. The lowest BCUT2D eigenvalue weighted by molar-refractivity contribution is -0.113. The van der Waals surface area contributed by atoms with Crippen molar-refractivity contribution in [1.82, 2.24) is 9.66 Å². The van der Waals surface area contributed by atoms with E-state index < -0.39 is 0 Å². The second-order valence-corrected chi connectivity index (χ2v) is 7.28. The van der Waals surface area contributed by atoms with Crippen LogP contribution in [0.1, 0.15) is 5.56 Å². The number of anilines is 1. The summed E-state index contributed by atoms with van der Waals surface area (Å²) < 4.78 is 2.46. The van der Waals surface area contributed by atoms with Gasteiger partial charge >= 0.3 is 0 Å². The first kappa shape index (κ1) is 17.6. The van der Waals surface area contributed by atoms with E-state index >= 15 is 0 Å². The van der Waals surface area contributed by atoms with Gasteiger partial charge < -0.3 is 11.2 Å². The van der Waals surface area contributed by atoms with Gasteiger partial charge in [-0.2, -0.15) is 0 Å². The standard InChI is InChI=1S/C18H17BrN4OS/c1-12-9-14(7-8-15(12)19)21-17(24)11-25-18-22-16(10-23(18)20)13-5-3-2-4-6-13/h2-10H,11,20H2,1H3,(H,21,24). The number of carbonyl (C=O) groups excluding carboxylic acids is 1. The van der Waals surface area contributed by atoms with Crippen LogP contribution >= 0.6 is 27.7 Å². The van der Waals surface area contributed by atoms with Gasteiger partial charge in [-0.05, 0) is 30.7 Å². The summed E-state index contributed by atoms with van der Waals surface area (Å²) in [5.41, 5.74) is 3.61. The third-order valence-electron chi connectivity index (χ3n) is 3.54. The Morgan fingerprint density at radius 2 is 2.04 bits per heavy atom. The van der Waals surface area contributed by atoms with Crippen molar-refractivity contribution in [3.8, 4) is 11.3 Å². The number of aryl methyl sites for hydroxylation is 1. The molecule has 0 bridgehead atoms. The lowest BCUT2D eigenvalue weighted by Crippen LogP contribution is -2.15. The molecule has 0 fully saturated rings. The molecule has 1 aromatic heterocycles. The summed E-state index contributed by atoms with van der Waals surface area (Å²) in [7, 11) is 0. The molecular formula is C18H17BrN4OS. The van der Waals surface area contributed by atoms with Crippen LogP contribution in [0.25, 0.3) is 11.3 Å². The number of aromatic nitrogens is 2. The molecule has 25 heavy (non-hydrogen) atoms. The van der Waals surface area contributed by atoms with E-state index in [4.69, 9.17) is 5.84 Å². The zero-order chi connectivity index (χ0) is 17.8. The molecule has 0 spiro atoms. The normalized spacial score (nSPS) is 10.6. The number of amides is 1. The second kappa shape index (κ2) is 7.76. The van der Waals surface area contributed by atoms with Gasteiger partial charge in [-0.25, -0.2) is 9.66 Å². The molecule has 2 aromatic carbocycles. The molecule has 1 heterocycles. The van der Waals surface area contributed by atoms with E-state index in [-0.39, 0.29) is 11.7 Å². The van der Waals surface area contributed by atoms with Crippen molar-refractivity contribution in [2.75, 3.05) is 16.9 Å². The lowest BCUT2D eigenvalue weighted by atomic mass is 10.2. The number of rotatable bonds is 5. The van der Waals surface area contributed by atoms with Gasteiger partial charge in [-0.1, -0.05) is 58.0 Å². The Kier molecular flexibility index (Phi) is 5.45. The molecule has 0 aliphatic heterocycles. The summed E-state index contributed by atoms with van der Waals surface area (Å²) in [5, 5.41) is 3.48. The first-order valence-electron chi connectivity index (χ1n) is 7.61. The van der Waals surface area contributed by atoms with Crippen LogP contribution in [-0.4, -0.2) is 21.3 Å². The zero-order valence-electron chi connectivity index (χ0n) is 13.6. The first-order chi connectivity index (χ1) is 12.0. The van der Waals surface area contributed by atoms with Crippen LogP contribution in [0.5, 0.6) is 0 Å². The average molecular weight is 417 g/mol. The summed E-state index contributed by atoms with van der Waals surface area (Å²) >= 11 is 4.75. The van der Waals surface area contributed by atoms with Crippen LogP contribution in [0.4, 0.5) is 5.69 Å². The third-order valence-corrected chi connectivity index (χ3v) is 5.40. The molecule has 3 rings (SSSR count). The van der Waals surface area contributed by atoms with Gasteiger partial charge in [0.1, 0.15) is 0 Å². The molecule has 5 nitrogen and oxygen atoms in total. The minimum absolute atomic E-state index is 0.101. The van der Waals surface area contributed by atoms with Crippen molar-refractivity contribution >= 4 is 39.3 Å². The van der Waals surface area contributed by atoms with Crippen LogP contribution in [0.3, 0.4) is 0 Å². The number of nitrogens with zero attached hydrogens (tertiary/aromatic N) is 2. The molecule has 0 radical (unpaired) electrons. The molecule has 3 aromatic rings. The number of carbonyl (C=O) groups is 1. The summed E-state index contributed by atoms with van der Waals surface area (Å²) in [5.74, 6) is 6.08. The predicted molar refractivity (Wildman–Crippen MR) is 106 cm³/mol. The van der Waals surface area contributed by atoms with Gasteiger partial charge in [0.15, 0.2) is 5.16 Å². The van der Waals surface area contributed by atoms with Crippen molar-refractivity contribution in [2.45, 2.75) is 12.1 Å². The largest absolute Gasteiger partial charge is 0.337 e. The van der Waals surface area contributed by atoms with E-state index in [1.54, 1.807) is 6.20 Å². The van der Waals surface area contributed by atoms with E-state index in [2.05, 4.69) is 26.2 Å². The SMILES string of the molecule is Cc1cc(NC(=O)CSc2nc(-c3ccccc3)cn2N)ccc1Br. The number of nitrogens with two attached hydrogens (primary N) is 1. The minimum Gasteiger partial charge on any atom is -0.337 e. The molecule has 1 amide bonds. The van der Waals surface area contributed by atoms with Gasteiger partial charge in [0.05, 0.1) is 17.6 Å². The summed E-state index contributed by atoms with van der Waals surface area (Å²) in [6.45, 7) is 1.98. The molecule has 128 valence electrons. The number of hydrogen-bond donors (Lipinski definition) is 2. The molecule has 0 saturated carbocycles. The molecule has 0 unspecified atom stereocenters. The maximum absolute atomic E-state index is 12.1. The fourth-order valence-corrected chi connectivity index (χ4v) is 3.22. The van der Waals surface area contributed by atoms with Crippen LogP contribution < -0.4 is 11.2 Å². The fraction of sp³-hybridized carbons (Fsp3) is 0.111. The van der Waals surface area contributed by atoms with E-state index in [1.165, 1.54) is 16.4 Å². The van der Waals surface area contributed by atoms with Crippen LogP contribution in [0.2, 0.25) is 0 Å². The maximum atomic E-state index is 12.1. The van der Waals surface area contributed by atoms with Crippen LogP contribution in [0, 0.1) is 6.92 Å². The molecule has 0 aliphatic carbocycles. The van der Waals surface area contributed by atoms with E-state index in [0.717, 1.165) is 27.0 Å². The molecule has 3 N–H and O–H groups in total. The predicted octanol–water partition coefficient (Wildman–Crippen LogP) is 4.07. The van der Waals surface area contributed by atoms with Crippen molar-refractivity contribution in [2.24, 2.45) is 0 Å². The number of hydrogen-bond acceptors (Lipinski definition) is 4. The van der Waals surface area contributed by atoms with Crippen molar-refractivity contribution < 1.29 is 4.79 Å². The summed E-state index contributed by atoms with van der Waals surface area (Å²) in [4.78, 5) is 16.6. The Labute approximate surface area is 158 Å². The van der Waals surface area contributed by atoms with Gasteiger partial charge in [0, 0.05) is 15.7 Å². The number of nitrogens with one attached hydrogen (secondary N) is 1. The minimum atomic E-state index is -0.101. The zero-order valence-corrected chi connectivity index (χ0v) is 16.0. The molecule has 7 heteroatoms. The Balaban J connectivity index is 1.62. The Hall–Kier alpha value is -2.25. The molecule has 0 atom stereocenters. The van der Waals surface area contributed by atoms with E-state index in [9.17, 15) is 4.79 Å². The summed E-state index contributed by atoms with van der Waals surface area (Å²) in [6.07, 6.45) is 1.76. The van der Waals surface area contributed by atoms with Gasteiger partial charge in [0.25, 0.3) is 0 Å². The second-order valence-electron chi connectivity index (χ2n) is 5.48. The maximum Gasteiger partial charge on any atom is 0.234 e. The van der Waals surface area contributed by atoms with Crippen LogP contribution in [-0.2, 0) is 4.79 Å². The van der Waals surface area contributed by atoms with Crippen molar-refractivity contribution in [3.63, 3.8) is 0 Å². The highest BCUT2D eigenvalue weighted by Gasteiger charge is 2.11. The average Bonchev–Trinajstić information content (AvgIpc) is 2.98. The molecular weight excluding hydrogens is 400 g/mol. The smallest absolute Gasteiger partial charge is 0.234 e. The Morgan fingerprint density at radius 3 is 2.76 bits per heavy atom. The third kappa shape index (κ3) is 4.43. The van der Waals surface area contributed by atoms with E-state index in [1.807, 2.05) is 55.5 Å². The quantitative estimate of drug-likeness (QED) is 0.485. The first-order valence-corrected chi connectivity index (χ1v) is 9.39.